The quantitative estimate of drug-likeness (QED) is 0.936. The van der Waals surface area contributed by atoms with Gasteiger partial charge in [0.1, 0.15) is 18.1 Å². The molecule has 1 N–H and O–H groups in total. The van der Waals surface area contributed by atoms with E-state index in [0.29, 0.717) is 5.76 Å². The molecule has 7 heteroatoms. The van der Waals surface area contributed by atoms with Crippen molar-refractivity contribution in [3.8, 4) is 0 Å². The van der Waals surface area contributed by atoms with Crippen LogP contribution in [0.15, 0.2) is 34.9 Å². The molecule has 0 aliphatic carbocycles. The Hall–Kier alpha value is -2.70. The molecule has 2 aromatic rings. The maximum atomic E-state index is 13.4. The van der Waals surface area contributed by atoms with E-state index in [9.17, 15) is 14.0 Å². The summed E-state index contributed by atoms with van der Waals surface area (Å²) in [6.07, 6.45) is 0. The van der Waals surface area contributed by atoms with Crippen LogP contribution in [0.2, 0.25) is 0 Å². The number of amides is 2. The van der Waals surface area contributed by atoms with Crippen molar-refractivity contribution in [1.29, 1.82) is 0 Å². The zero-order valence-corrected chi connectivity index (χ0v) is 11.6. The third-order valence-electron chi connectivity index (χ3n) is 2.72. The zero-order valence-electron chi connectivity index (χ0n) is 11.6. The van der Waals surface area contributed by atoms with Crippen LogP contribution in [0.4, 0.5) is 15.9 Å². The Morgan fingerprint density at radius 3 is 2.67 bits per heavy atom. The van der Waals surface area contributed by atoms with Crippen LogP contribution in [0.25, 0.3) is 0 Å². The number of hydrogen-bond donors (Lipinski definition) is 1. The molecule has 0 radical (unpaired) electrons. The number of halogens is 1. The Morgan fingerprint density at radius 1 is 1.38 bits per heavy atom. The molecule has 1 aromatic carbocycles. The molecular weight excluding hydrogens is 277 g/mol. The van der Waals surface area contributed by atoms with E-state index in [0.717, 1.165) is 4.90 Å². The SMILES string of the molecule is CC(=O)N(CC(=O)Nc1ccccc1F)c1cc(C)on1. The molecule has 0 aliphatic heterocycles. The first-order valence-corrected chi connectivity index (χ1v) is 6.23. The highest BCUT2D eigenvalue weighted by molar-refractivity contribution is 6.01. The molecule has 0 unspecified atom stereocenters. The first-order valence-electron chi connectivity index (χ1n) is 6.23. The lowest BCUT2D eigenvalue weighted by atomic mass is 10.3. The summed E-state index contributed by atoms with van der Waals surface area (Å²) in [5.74, 6) is -0.685. The Morgan fingerprint density at radius 2 is 2.10 bits per heavy atom. The van der Waals surface area contributed by atoms with Gasteiger partial charge in [-0.1, -0.05) is 17.3 Å². The lowest BCUT2D eigenvalue weighted by molar-refractivity contribution is -0.120. The maximum Gasteiger partial charge on any atom is 0.244 e. The van der Waals surface area contributed by atoms with Crippen molar-refractivity contribution in [2.75, 3.05) is 16.8 Å². The predicted octanol–water partition coefficient (Wildman–Crippen LogP) is 2.11. The molecule has 110 valence electrons. The van der Waals surface area contributed by atoms with E-state index < -0.39 is 11.7 Å². The van der Waals surface area contributed by atoms with E-state index in [1.165, 1.54) is 31.2 Å². The second kappa shape index (κ2) is 6.17. The summed E-state index contributed by atoms with van der Waals surface area (Å²) in [6.45, 7) is 2.70. The highest BCUT2D eigenvalue weighted by atomic mass is 19.1. The molecule has 0 saturated heterocycles. The highest BCUT2D eigenvalue weighted by Crippen LogP contribution is 2.15. The fraction of sp³-hybridized carbons (Fsp3) is 0.214. The molecule has 0 aliphatic rings. The molecule has 0 spiro atoms. The van der Waals surface area contributed by atoms with Gasteiger partial charge in [0, 0.05) is 13.0 Å². The largest absolute Gasteiger partial charge is 0.360 e. The minimum atomic E-state index is -0.544. The summed E-state index contributed by atoms with van der Waals surface area (Å²) in [7, 11) is 0. The number of hydrogen-bond acceptors (Lipinski definition) is 4. The molecule has 1 aromatic heterocycles. The van der Waals surface area contributed by atoms with Gasteiger partial charge in [-0.2, -0.15) is 0 Å². The third kappa shape index (κ3) is 3.65. The van der Waals surface area contributed by atoms with Gasteiger partial charge >= 0.3 is 0 Å². The summed E-state index contributed by atoms with van der Waals surface area (Å²) >= 11 is 0. The van der Waals surface area contributed by atoms with Gasteiger partial charge in [0.05, 0.1) is 5.69 Å². The average molecular weight is 291 g/mol. The van der Waals surface area contributed by atoms with Gasteiger partial charge in [0.25, 0.3) is 0 Å². The topological polar surface area (TPSA) is 75.4 Å². The minimum Gasteiger partial charge on any atom is -0.360 e. The summed E-state index contributed by atoms with van der Waals surface area (Å²) in [5, 5.41) is 6.10. The lowest BCUT2D eigenvalue weighted by Crippen LogP contribution is -2.37. The molecule has 6 nitrogen and oxygen atoms in total. The van der Waals surface area contributed by atoms with Gasteiger partial charge in [-0.05, 0) is 19.1 Å². The van der Waals surface area contributed by atoms with Gasteiger partial charge in [-0.25, -0.2) is 4.39 Å². The predicted molar refractivity (Wildman–Crippen MR) is 74.3 cm³/mol. The van der Waals surface area contributed by atoms with Crippen LogP contribution in [0.5, 0.6) is 0 Å². The number of benzene rings is 1. The van der Waals surface area contributed by atoms with Crippen molar-refractivity contribution < 1.29 is 18.5 Å². The molecule has 0 atom stereocenters. The van der Waals surface area contributed by atoms with Crippen LogP contribution in [-0.4, -0.2) is 23.5 Å². The number of aryl methyl sites for hydroxylation is 1. The summed E-state index contributed by atoms with van der Waals surface area (Å²) in [5.41, 5.74) is 0.0577. The fourth-order valence-electron chi connectivity index (χ4n) is 1.73. The Balaban J connectivity index is 2.09. The van der Waals surface area contributed by atoms with Gasteiger partial charge < -0.3 is 9.84 Å². The fourth-order valence-corrected chi connectivity index (χ4v) is 1.73. The molecular formula is C14H14FN3O3. The zero-order chi connectivity index (χ0) is 15.4. The number of carbonyl (C=O) groups excluding carboxylic acids is 2. The van der Waals surface area contributed by atoms with Gasteiger partial charge in [0.15, 0.2) is 5.82 Å². The van der Waals surface area contributed by atoms with Crippen molar-refractivity contribution in [2.45, 2.75) is 13.8 Å². The third-order valence-corrected chi connectivity index (χ3v) is 2.72. The molecule has 0 saturated carbocycles. The number of anilines is 2. The van der Waals surface area contributed by atoms with Crippen LogP contribution in [-0.2, 0) is 9.59 Å². The molecule has 2 rings (SSSR count). The first-order chi connectivity index (χ1) is 9.97. The summed E-state index contributed by atoms with van der Waals surface area (Å²) in [6, 6.07) is 7.33. The van der Waals surface area contributed by atoms with Crippen LogP contribution in [0.3, 0.4) is 0 Å². The normalized spacial score (nSPS) is 10.2. The average Bonchev–Trinajstić information content (AvgIpc) is 2.85. The second-order valence-electron chi connectivity index (χ2n) is 4.43. The Bertz CT molecular complexity index is 669. The summed E-state index contributed by atoms with van der Waals surface area (Å²) < 4.78 is 18.3. The Labute approximate surface area is 120 Å². The number of aromatic nitrogens is 1. The van der Waals surface area contributed by atoms with E-state index in [1.807, 2.05) is 0 Å². The van der Waals surface area contributed by atoms with Crippen molar-refractivity contribution in [3.63, 3.8) is 0 Å². The van der Waals surface area contributed by atoms with E-state index in [1.54, 1.807) is 13.0 Å². The molecule has 0 bridgehead atoms. The first kappa shape index (κ1) is 14.7. The van der Waals surface area contributed by atoms with E-state index in [4.69, 9.17) is 4.52 Å². The number of nitrogens with one attached hydrogen (secondary N) is 1. The smallest absolute Gasteiger partial charge is 0.244 e. The van der Waals surface area contributed by atoms with Crippen LogP contribution < -0.4 is 10.2 Å². The van der Waals surface area contributed by atoms with Crippen molar-refractivity contribution in [1.82, 2.24) is 5.16 Å². The van der Waals surface area contributed by atoms with Crippen molar-refractivity contribution in [3.05, 3.63) is 41.9 Å². The number of rotatable bonds is 4. The monoisotopic (exact) mass is 291 g/mol. The standard InChI is InChI=1S/C14H14FN3O3/c1-9-7-13(17-21-9)18(10(2)19)8-14(20)16-12-6-4-3-5-11(12)15/h3-7H,8H2,1-2H3,(H,16,20). The lowest BCUT2D eigenvalue weighted by Gasteiger charge is -2.17. The van der Waals surface area contributed by atoms with Gasteiger partial charge in [0.2, 0.25) is 11.8 Å². The molecule has 2 amide bonds. The minimum absolute atomic E-state index is 0.0577. The van der Waals surface area contributed by atoms with Gasteiger partial charge in [-0.3, -0.25) is 14.5 Å². The number of nitrogens with zero attached hydrogens (tertiary/aromatic N) is 2. The van der Waals surface area contributed by atoms with Crippen LogP contribution in [0, 0.1) is 12.7 Å². The molecule has 21 heavy (non-hydrogen) atoms. The van der Waals surface area contributed by atoms with Crippen molar-refractivity contribution in [2.24, 2.45) is 0 Å². The van der Waals surface area contributed by atoms with Crippen LogP contribution >= 0.6 is 0 Å². The van der Waals surface area contributed by atoms with E-state index in [2.05, 4.69) is 10.5 Å². The maximum absolute atomic E-state index is 13.4. The second-order valence-corrected chi connectivity index (χ2v) is 4.43. The van der Waals surface area contributed by atoms with E-state index >= 15 is 0 Å². The van der Waals surface area contributed by atoms with E-state index in [-0.39, 0.29) is 24.0 Å². The molecule has 0 fully saturated rings. The Kier molecular flexibility index (Phi) is 4.32. The summed E-state index contributed by atoms with van der Waals surface area (Å²) in [4.78, 5) is 24.7. The van der Waals surface area contributed by atoms with Crippen LogP contribution in [0.1, 0.15) is 12.7 Å². The number of carbonyl (C=O) groups is 2. The van der Waals surface area contributed by atoms with Gasteiger partial charge in [-0.15, -0.1) is 0 Å². The van der Waals surface area contributed by atoms with Crippen molar-refractivity contribution >= 4 is 23.3 Å². The molecule has 1 heterocycles. The highest BCUT2D eigenvalue weighted by Gasteiger charge is 2.19. The number of para-hydroxylation sites is 1.